The summed E-state index contributed by atoms with van der Waals surface area (Å²) >= 11 is -3.40. The SMILES string of the molecule is [Li].[O-][Br+2]([O-])O. The van der Waals surface area contributed by atoms with Crippen molar-refractivity contribution in [3.05, 3.63) is 0 Å². The maximum absolute atomic E-state index is 8.63. The minimum atomic E-state index is -3.40. The molecule has 0 atom stereocenters. The first-order chi connectivity index (χ1) is 1.73. The van der Waals surface area contributed by atoms with E-state index < -0.39 is 14.8 Å². The van der Waals surface area contributed by atoms with Gasteiger partial charge in [-0.3, -0.25) is 0 Å². The van der Waals surface area contributed by atoms with Gasteiger partial charge in [-0.2, -0.15) is 0 Å². The van der Waals surface area contributed by atoms with Gasteiger partial charge in [-0.15, -0.1) is 0 Å². The van der Waals surface area contributed by atoms with E-state index in [2.05, 4.69) is 0 Å². The first-order valence-electron chi connectivity index (χ1n) is 0.478. The van der Waals surface area contributed by atoms with Crippen LogP contribution in [-0.4, -0.2) is 23.1 Å². The fourth-order valence-corrected chi connectivity index (χ4v) is 0. The summed E-state index contributed by atoms with van der Waals surface area (Å²) in [4.78, 5) is 0. The van der Waals surface area contributed by atoms with E-state index in [9.17, 15) is 0 Å². The number of hydrogen-bond donors (Lipinski definition) is 1. The van der Waals surface area contributed by atoms with Gasteiger partial charge in [-0.1, -0.05) is 0 Å². The largest absolute Gasteiger partial charge is 0.433 e. The smallest absolute Gasteiger partial charge is 0.372 e. The van der Waals surface area contributed by atoms with Gasteiger partial charge in [0.1, 0.15) is 0 Å². The van der Waals surface area contributed by atoms with Crippen LogP contribution in [0.1, 0.15) is 0 Å². The van der Waals surface area contributed by atoms with Crippen LogP contribution in [0.25, 0.3) is 0 Å². The maximum Gasteiger partial charge on any atom is 0.433 e. The van der Waals surface area contributed by atoms with E-state index in [1.165, 1.54) is 0 Å². The predicted molar refractivity (Wildman–Crippen MR) is 7.97 cm³/mol. The molecule has 0 bridgehead atoms. The normalized spacial score (nSPS) is 7.20. The van der Waals surface area contributed by atoms with E-state index in [0.717, 1.165) is 0 Å². The number of halogens is 1. The quantitative estimate of drug-likeness (QED) is 0.354. The van der Waals surface area contributed by atoms with Crippen molar-refractivity contribution in [1.29, 1.82) is 0 Å². The zero-order chi connectivity index (χ0) is 3.58. The van der Waals surface area contributed by atoms with Crippen LogP contribution in [0.15, 0.2) is 0 Å². The molecule has 0 amide bonds. The molecule has 0 fully saturated rings. The van der Waals surface area contributed by atoms with E-state index >= 15 is 0 Å². The molecule has 1 N–H and O–H groups in total. The third-order valence-electron chi connectivity index (χ3n) is 0. The third-order valence-corrected chi connectivity index (χ3v) is 0. The average Bonchev–Trinajstić information content (AvgIpc) is 0.811. The molecule has 27 valence electrons. The van der Waals surface area contributed by atoms with Crippen molar-refractivity contribution in [2.75, 3.05) is 0 Å². The third kappa shape index (κ3) is 47.3. The first-order valence-corrected chi connectivity index (χ1v) is 2.48. The maximum atomic E-state index is 8.63. The topological polar surface area (TPSA) is 66.3 Å². The Morgan fingerprint density at radius 2 is 1.40 bits per heavy atom. The summed E-state index contributed by atoms with van der Waals surface area (Å²) in [6.07, 6.45) is 0. The van der Waals surface area contributed by atoms with Crippen LogP contribution in [0, 0.1) is 14.8 Å². The van der Waals surface area contributed by atoms with Crippen LogP contribution in [0.5, 0.6) is 0 Å². The average molecular weight is 136 g/mol. The molecule has 0 aliphatic carbocycles. The van der Waals surface area contributed by atoms with Gasteiger partial charge in [-0.25, -0.2) is 0 Å². The fraction of sp³-hybridized carbons (Fsp3) is 0. The van der Waals surface area contributed by atoms with E-state index in [-0.39, 0.29) is 18.9 Å². The molecule has 0 spiro atoms. The molecule has 5 heteroatoms. The Hall–Kier alpha value is 0.957. The molecular weight excluding hydrogens is 135 g/mol. The Morgan fingerprint density at radius 3 is 1.40 bits per heavy atom. The molecule has 0 saturated carbocycles. The van der Waals surface area contributed by atoms with Gasteiger partial charge < -0.3 is 8.40 Å². The molecule has 0 rings (SSSR count). The van der Waals surface area contributed by atoms with Crippen molar-refractivity contribution in [1.82, 2.24) is 0 Å². The summed E-state index contributed by atoms with van der Waals surface area (Å²) < 4.78 is 24.3. The van der Waals surface area contributed by atoms with E-state index in [1.807, 2.05) is 0 Å². The number of rotatable bonds is 0. The van der Waals surface area contributed by atoms with Crippen LogP contribution in [0.2, 0.25) is 0 Å². The van der Waals surface area contributed by atoms with Crippen molar-refractivity contribution in [3.63, 3.8) is 0 Å². The molecule has 0 aliphatic rings. The Labute approximate surface area is 46.6 Å². The van der Waals surface area contributed by atoms with Crippen LogP contribution in [0.4, 0.5) is 0 Å². The molecule has 0 aromatic heterocycles. The van der Waals surface area contributed by atoms with Gasteiger partial charge in [0, 0.05) is 18.9 Å². The molecule has 0 heterocycles. The van der Waals surface area contributed by atoms with Crippen LogP contribution >= 0.6 is 0 Å². The molecular formula is HBrLiO3. The van der Waals surface area contributed by atoms with Gasteiger partial charge in [0.05, 0.1) is 0 Å². The molecule has 0 saturated heterocycles. The Bertz CT molecular complexity index is 11.6. The van der Waals surface area contributed by atoms with Crippen LogP contribution < -0.4 is 8.40 Å². The van der Waals surface area contributed by atoms with E-state index in [0.29, 0.717) is 0 Å². The second-order valence-corrected chi connectivity index (χ2v) is 1.04. The predicted octanol–water partition coefficient (Wildman–Crippen LogP) is -3.32. The summed E-state index contributed by atoms with van der Waals surface area (Å²) in [5, 5.41) is 0. The van der Waals surface area contributed by atoms with Gasteiger partial charge in [0.15, 0.2) is 0 Å². The summed E-state index contributed by atoms with van der Waals surface area (Å²) in [5.41, 5.74) is 0. The second-order valence-electron chi connectivity index (χ2n) is 0.201. The fourth-order valence-electron chi connectivity index (χ4n) is 0. The summed E-state index contributed by atoms with van der Waals surface area (Å²) in [6, 6.07) is 0. The summed E-state index contributed by atoms with van der Waals surface area (Å²) in [5.74, 6) is 0. The molecule has 1 radical (unpaired) electrons. The Balaban J connectivity index is 0. The number of hydrogen-bond acceptors (Lipinski definition) is 3. The molecule has 3 nitrogen and oxygen atoms in total. The summed E-state index contributed by atoms with van der Waals surface area (Å²) in [7, 11) is 0. The van der Waals surface area contributed by atoms with Crippen LogP contribution in [-0.2, 0) is 0 Å². The zero-order valence-electron chi connectivity index (χ0n) is 2.64. The summed E-state index contributed by atoms with van der Waals surface area (Å²) in [6.45, 7) is 0. The minimum Gasteiger partial charge on any atom is -0.372 e. The van der Waals surface area contributed by atoms with E-state index in [1.54, 1.807) is 0 Å². The molecule has 0 aromatic carbocycles. The second kappa shape index (κ2) is 4.96. The van der Waals surface area contributed by atoms with Crippen molar-refractivity contribution < 1.29 is 27.4 Å². The van der Waals surface area contributed by atoms with Gasteiger partial charge in [0.25, 0.3) is 0 Å². The van der Waals surface area contributed by atoms with Crippen molar-refractivity contribution >= 4 is 18.9 Å². The molecule has 0 unspecified atom stereocenters. The molecule has 5 heavy (non-hydrogen) atoms. The Morgan fingerprint density at radius 1 is 1.40 bits per heavy atom. The zero-order valence-corrected chi connectivity index (χ0v) is 4.23. The van der Waals surface area contributed by atoms with Crippen molar-refractivity contribution in [2.24, 2.45) is 0 Å². The molecule has 0 aliphatic heterocycles. The van der Waals surface area contributed by atoms with Gasteiger partial charge in [-0.05, 0) is 4.20 Å². The van der Waals surface area contributed by atoms with Gasteiger partial charge in [0.2, 0.25) is 0 Å². The first kappa shape index (κ1) is 9.35. The van der Waals surface area contributed by atoms with Crippen molar-refractivity contribution in [3.8, 4) is 0 Å². The Kier molecular flexibility index (Phi) is 9.27. The minimum absolute atomic E-state index is 0. The standard InChI is InChI=1S/BrHO3.Li/c2-1(3)4;/h2H;. The van der Waals surface area contributed by atoms with Crippen molar-refractivity contribution in [2.45, 2.75) is 0 Å². The molecule has 0 aromatic rings. The van der Waals surface area contributed by atoms with Gasteiger partial charge >= 0.3 is 14.8 Å². The van der Waals surface area contributed by atoms with Crippen LogP contribution in [0.3, 0.4) is 0 Å². The van der Waals surface area contributed by atoms with E-state index in [4.69, 9.17) is 12.6 Å². The monoisotopic (exact) mass is 135 g/mol.